The number of rotatable bonds is 0. The van der Waals surface area contributed by atoms with Crippen LogP contribution in [-0.4, -0.2) is 5.11 Å². The van der Waals surface area contributed by atoms with Gasteiger partial charge in [0.25, 0.3) is 0 Å². The predicted octanol–water partition coefficient (Wildman–Crippen LogP) is 2.09. The Balaban J connectivity index is 3.07. The van der Waals surface area contributed by atoms with Crippen LogP contribution in [0.1, 0.15) is 27.2 Å². The molecule has 2 heteroatoms. The van der Waals surface area contributed by atoms with Gasteiger partial charge in [-0.2, -0.15) is 0 Å². The van der Waals surface area contributed by atoms with Crippen molar-refractivity contribution in [3.63, 3.8) is 0 Å². The molecule has 1 rings (SSSR count). The molecule has 1 aliphatic carbocycles. The summed E-state index contributed by atoms with van der Waals surface area (Å²) in [6.07, 6.45) is 0.884. The quantitative estimate of drug-likeness (QED) is 0.559. The molecule has 11 heavy (non-hydrogen) atoms. The van der Waals surface area contributed by atoms with E-state index >= 15 is 0 Å². The lowest BCUT2D eigenvalue weighted by atomic mass is 9.89. The van der Waals surface area contributed by atoms with Crippen molar-refractivity contribution < 1.29 is 5.11 Å². The third-order valence-electron chi connectivity index (χ3n) is 2.33. The Bertz CT molecular complexity index is 238. The molecule has 1 atom stereocenters. The van der Waals surface area contributed by atoms with Gasteiger partial charge in [-0.05, 0) is 25.8 Å². The molecule has 0 aliphatic heterocycles. The van der Waals surface area contributed by atoms with Gasteiger partial charge in [-0.1, -0.05) is 6.92 Å². The van der Waals surface area contributed by atoms with Gasteiger partial charge in [0.2, 0.25) is 0 Å². The van der Waals surface area contributed by atoms with Gasteiger partial charge in [-0.25, -0.2) is 0 Å². The van der Waals surface area contributed by atoms with Gasteiger partial charge < -0.3 is 10.8 Å². The van der Waals surface area contributed by atoms with Crippen LogP contribution in [0.25, 0.3) is 0 Å². The fraction of sp³-hybridized carbons (Fsp3) is 0.556. The van der Waals surface area contributed by atoms with Gasteiger partial charge in [-0.15, -0.1) is 0 Å². The maximum absolute atomic E-state index is 9.50. The van der Waals surface area contributed by atoms with E-state index in [-0.39, 0.29) is 5.92 Å². The first-order valence-corrected chi connectivity index (χ1v) is 3.89. The van der Waals surface area contributed by atoms with Crippen molar-refractivity contribution in [2.45, 2.75) is 27.2 Å². The molecule has 3 N–H and O–H groups in total. The summed E-state index contributed by atoms with van der Waals surface area (Å²) in [6.45, 7) is 5.89. The lowest BCUT2D eigenvalue weighted by Gasteiger charge is -2.21. The first-order valence-electron chi connectivity index (χ1n) is 3.89. The molecule has 0 fully saturated rings. The molecule has 1 aliphatic rings. The Labute approximate surface area is 67.4 Å². The molecule has 0 amide bonds. The SMILES string of the molecule is CC1=C(N)C(C)=C(O)C(C)C1. The average molecular weight is 153 g/mol. The summed E-state index contributed by atoms with van der Waals surface area (Å²) in [5.74, 6) is 0.690. The lowest BCUT2D eigenvalue weighted by Crippen LogP contribution is -2.15. The Kier molecular flexibility index (Phi) is 1.94. The van der Waals surface area contributed by atoms with Crippen molar-refractivity contribution in [1.29, 1.82) is 0 Å². The third-order valence-corrected chi connectivity index (χ3v) is 2.33. The lowest BCUT2D eigenvalue weighted by molar-refractivity contribution is 0.328. The minimum atomic E-state index is 0.238. The average Bonchev–Trinajstić information content (AvgIpc) is 1.97. The highest BCUT2D eigenvalue weighted by molar-refractivity contribution is 5.37. The molecule has 0 radical (unpaired) electrons. The van der Waals surface area contributed by atoms with Crippen molar-refractivity contribution in [3.05, 3.63) is 22.6 Å². The van der Waals surface area contributed by atoms with Crippen LogP contribution in [0.5, 0.6) is 0 Å². The zero-order valence-electron chi connectivity index (χ0n) is 7.31. The van der Waals surface area contributed by atoms with Crippen molar-refractivity contribution in [3.8, 4) is 0 Å². The molecule has 0 saturated carbocycles. The molecule has 62 valence electrons. The zero-order valence-corrected chi connectivity index (χ0v) is 7.31. The van der Waals surface area contributed by atoms with Gasteiger partial charge in [-0.3, -0.25) is 0 Å². The highest BCUT2D eigenvalue weighted by Crippen LogP contribution is 2.29. The smallest absolute Gasteiger partial charge is 0.100 e. The van der Waals surface area contributed by atoms with Crippen LogP contribution < -0.4 is 5.73 Å². The third kappa shape index (κ3) is 1.25. The summed E-state index contributed by atoms with van der Waals surface area (Å²) in [4.78, 5) is 0. The minimum absolute atomic E-state index is 0.238. The van der Waals surface area contributed by atoms with E-state index in [0.29, 0.717) is 5.76 Å². The summed E-state index contributed by atoms with van der Waals surface area (Å²) in [5, 5.41) is 9.50. The topological polar surface area (TPSA) is 46.2 Å². The monoisotopic (exact) mass is 153 g/mol. The molecule has 0 aromatic heterocycles. The van der Waals surface area contributed by atoms with Crippen molar-refractivity contribution in [2.24, 2.45) is 11.7 Å². The number of hydrogen-bond acceptors (Lipinski definition) is 2. The van der Waals surface area contributed by atoms with Gasteiger partial charge in [0.1, 0.15) is 5.76 Å². The van der Waals surface area contributed by atoms with E-state index in [2.05, 4.69) is 0 Å². The second kappa shape index (κ2) is 2.61. The molecule has 0 aromatic carbocycles. The molecule has 0 heterocycles. The second-order valence-corrected chi connectivity index (χ2v) is 3.31. The number of aliphatic hydroxyl groups excluding tert-OH is 1. The van der Waals surface area contributed by atoms with Crippen LogP contribution in [0.4, 0.5) is 0 Å². The minimum Gasteiger partial charge on any atom is -0.512 e. The first-order chi connectivity index (χ1) is 5.04. The predicted molar refractivity (Wildman–Crippen MR) is 46.0 cm³/mol. The fourth-order valence-corrected chi connectivity index (χ4v) is 1.49. The summed E-state index contributed by atoms with van der Waals surface area (Å²) in [5.41, 5.74) is 8.54. The van der Waals surface area contributed by atoms with Crippen LogP contribution in [0.3, 0.4) is 0 Å². The fourth-order valence-electron chi connectivity index (χ4n) is 1.49. The highest BCUT2D eigenvalue weighted by atomic mass is 16.3. The van der Waals surface area contributed by atoms with Crippen LogP contribution in [0.2, 0.25) is 0 Å². The summed E-state index contributed by atoms with van der Waals surface area (Å²) in [6, 6.07) is 0. The maximum Gasteiger partial charge on any atom is 0.100 e. The Morgan fingerprint density at radius 1 is 1.45 bits per heavy atom. The maximum atomic E-state index is 9.50. The number of nitrogens with two attached hydrogens (primary N) is 1. The van der Waals surface area contributed by atoms with Gasteiger partial charge in [0, 0.05) is 17.2 Å². The van der Waals surface area contributed by atoms with Gasteiger partial charge in [0.05, 0.1) is 0 Å². The van der Waals surface area contributed by atoms with Crippen LogP contribution in [0.15, 0.2) is 22.6 Å². The Morgan fingerprint density at radius 2 is 2.00 bits per heavy atom. The van der Waals surface area contributed by atoms with E-state index in [1.165, 1.54) is 5.57 Å². The first kappa shape index (κ1) is 8.18. The normalized spacial score (nSPS) is 26.3. The molecule has 0 bridgehead atoms. The highest BCUT2D eigenvalue weighted by Gasteiger charge is 2.19. The van der Waals surface area contributed by atoms with E-state index in [9.17, 15) is 5.11 Å². The summed E-state index contributed by atoms with van der Waals surface area (Å²) < 4.78 is 0. The number of allylic oxidation sites excluding steroid dienone is 3. The molecule has 0 spiro atoms. The van der Waals surface area contributed by atoms with E-state index in [1.807, 2.05) is 20.8 Å². The van der Waals surface area contributed by atoms with E-state index < -0.39 is 0 Å². The van der Waals surface area contributed by atoms with Crippen molar-refractivity contribution in [1.82, 2.24) is 0 Å². The van der Waals surface area contributed by atoms with Crippen LogP contribution in [0, 0.1) is 5.92 Å². The molecule has 0 aromatic rings. The van der Waals surface area contributed by atoms with Crippen molar-refractivity contribution in [2.75, 3.05) is 0 Å². The largest absolute Gasteiger partial charge is 0.512 e. The van der Waals surface area contributed by atoms with Crippen LogP contribution >= 0.6 is 0 Å². The standard InChI is InChI=1S/C9H15NO/c1-5-4-6(2)9(11)7(3)8(5)10/h6,11H,4,10H2,1-3H3. The van der Waals surface area contributed by atoms with E-state index in [4.69, 9.17) is 5.73 Å². The van der Waals surface area contributed by atoms with Crippen LogP contribution in [-0.2, 0) is 0 Å². The second-order valence-electron chi connectivity index (χ2n) is 3.31. The summed E-state index contributed by atoms with van der Waals surface area (Å²) in [7, 11) is 0. The van der Waals surface area contributed by atoms with Crippen molar-refractivity contribution >= 4 is 0 Å². The van der Waals surface area contributed by atoms with Gasteiger partial charge >= 0.3 is 0 Å². The Hall–Kier alpha value is -0.920. The molecule has 0 saturated heterocycles. The Morgan fingerprint density at radius 3 is 2.55 bits per heavy atom. The number of hydrogen-bond donors (Lipinski definition) is 2. The molecule has 1 unspecified atom stereocenters. The van der Waals surface area contributed by atoms with E-state index in [0.717, 1.165) is 17.7 Å². The number of aliphatic hydroxyl groups is 1. The molecular formula is C9H15NO. The summed E-state index contributed by atoms with van der Waals surface area (Å²) >= 11 is 0. The molecular weight excluding hydrogens is 138 g/mol. The zero-order chi connectivity index (χ0) is 8.59. The molecule has 2 nitrogen and oxygen atoms in total. The van der Waals surface area contributed by atoms with Gasteiger partial charge in [0.15, 0.2) is 0 Å². The van der Waals surface area contributed by atoms with E-state index in [1.54, 1.807) is 0 Å².